The highest BCUT2D eigenvalue weighted by Crippen LogP contribution is 2.24. The summed E-state index contributed by atoms with van der Waals surface area (Å²) in [5.41, 5.74) is 0.105. The Hall–Kier alpha value is -2.50. The van der Waals surface area contributed by atoms with Gasteiger partial charge in [-0.15, -0.1) is 0 Å². The summed E-state index contributed by atoms with van der Waals surface area (Å²) in [6, 6.07) is 8.45. The van der Waals surface area contributed by atoms with Crippen molar-refractivity contribution in [2.75, 3.05) is 0 Å². The second kappa shape index (κ2) is 5.87. The Morgan fingerprint density at radius 2 is 2.14 bits per heavy atom. The number of rotatable bonds is 4. The zero-order valence-electron chi connectivity index (χ0n) is 10.5. The van der Waals surface area contributed by atoms with Crippen molar-refractivity contribution < 1.29 is 13.3 Å². The van der Waals surface area contributed by atoms with Gasteiger partial charge in [-0.1, -0.05) is 12.1 Å². The Morgan fingerprint density at radius 3 is 2.71 bits per heavy atom. The number of allylic oxidation sites excluding steroid dienone is 1. The van der Waals surface area contributed by atoms with Crippen LogP contribution in [0.1, 0.15) is 5.56 Å². The molecule has 0 fully saturated rings. The Kier molecular flexibility index (Phi) is 4.16. The summed E-state index contributed by atoms with van der Waals surface area (Å²) in [6.45, 7) is 0. The smallest absolute Gasteiger partial charge is 0.258 e. The normalized spacial score (nSPS) is 11.9. The predicted octanol–water partition coefficient (Wildman–Crippen LogP) is 2.99. The van der Waals surface area contributed by atoms with Gasteiger partial charge in [-0.05, 0) is 23.1 Å². The summed E-state index contributed by atoms with van der Waals surface area (Å²) in [5.74, 6) is 0. The quantitative estimate of drug-likeness (QED) is 0.489. The first-order chi connectivity index (χ1) is 9.95. The van der Waals surface area contributed by atoms with Gasteiger partial charge in [-0.25, -0.2) is 8.42 Å². The van der Waals surface area contributed by atoms with E-state index < -0.39 is 19.7 Å². The number of hydrogen-bond donors (Lipinski definition) is 0. The number of non-ortho nitro benzene ring substituents is 1. The topological polar surface area (TPSA) is 101 Å². The molecule has 0 radical (unpaired) electrons. The van der Waals surface area contributed by atoms with E-state index in [0.29, 0.717) is 0 Å². The van der Waals surface area contributed by atoms with Crippen molar-refractivity contribution in [3.8, 4) is 6.07 Å². The fourth-order valence-corrected chi connectivity index (χ4v) is 3.77. The molecule has 0 aliphatic heterocycles. The fraction of sp³-hybridized carbons (Fsp3) is 0. The van der Waals surface area contributed by atoms with E-state index in [9.17, 15) is 18.5 Å². The number of hydrogen-bond acceptors (Lipinski definition) is 6. The van der Waals surface area contributed by atoms with Crippen molar-refractivity contribution in [2.45, 2.75) is 4.90 Å². The van der Waals surface area contributed by atoms with Crippen molar-refractivity contribution in [3.63, 3.8) is 0 Å². The van der Waals surface area contributed by atoms with Gasteiger partial charge in [0.1, 0.15) is 11.0 Å². The maximum atomic E-state index is 12.2. The number of benzene rings is 1. The molecule has 0 aliphatic carbocycles. The number of nitriles is 1. The van der Waals surface area contributed by atoms with E-state index in [-0.39, 0.29) is 16.1 Å². The standard InChI is InChI=1S/C13H8N2O4S2/c14-8-13(21(18,19)12-4-5-20-9-12)7-10-2-1-3-11(6-10)15(16)17/h1-7,9H. The van der Waals surface area contributed by atoms with Gasteiger partial charge in [-0.2, -0.15) is 16.6 Å². The first-order valence-corrected chi connectivity index (χ1v) is 8.01. The maximum Gasteiger partial charge on any atom is 0.270 e. The molecule has 1 aromatic heterocycles. The Morgan fingerprint density at radius 1 is 1.38 bits per heavy atom. The van der Waals surface area contributed by atoms with Crippen LogP contribution < -0.4 is 0 Å². The van der Waals surface area contributed by atoms with E-state index in [4.69, 9.17) is 5.26 Å². The van der Waals surface area contributed by atoms with Crippen LogP contribution in [0.2, 0.25) is 0 Å². The lowest BCUT2D eigenvalue weighted by Crippen LogP contribution is -2.02. The third-order valence-corrected chi connectivity index (χ3v) is 5.08. The fourth-order valence-electron chi connectivity index (χ4n) is 1.58. The van der Waals surface area contributed by atoms with Crippen molar-refractivity contribution in [1.82, 2.24) is 0 Å². The minimum atomic E-state index is -3.90. The molecule has 106 valence electrons. The van der Waals surface area contributed by atoms with Gasteiger partial charge in [-0.3, -0.25) is 10.1 Å². The predicted molar refractivity (Wildman–Crippen MR) is 78.2 cm³/mol. The average molecular weight is 320 g/mol. The Bertz CT molecular complexity index is 847. The van der Waals surface area contributed by atoms with Crippen LogP contribution >= 0.6 is 11.3 Å². The Balaban J connectivity index is 2.50. The molecule has 0 saturated heterocycles. The third-order valence-electron chi connectivity index (χ3n) is 2.58. The molecule has 0 unspecified atom stereocenters. The molecule has 0 bridgehead atoms. The van der Waals surface area contributed by atoms with Crippen LogP contribution in [0.3, 0.4) is 0 Å². The molecule has 0 saturated carbocycles. The maximum absolute atomic E-state index is 12.2. The average Bonchev–Trinajstić information content (AvgIpc) is 2.99. The monoisotopic (exact) mass is 320 g/mol. The molecule has 0 amide bonds. The van der Waals surface area contributed by atoms with Crippen LogP contribution in [0.4, 0.5) is 5.69 Å². The van der Waals surface area contributed by atoms with E-state index >= 15 is 0 Å². The molecule has 2 aromatic rings. The Labute approximate surface area is 124 Å². The van der Waals surface area contributed by atoms with Crippen molar-refractivity contribution >= 4 is 32.9 Å². The number of nitrogens with zero attached hydrogens (tertiary/aromatic N) is 2. The van der Waals surface area contributed by atoms with Crippen LogP contribution in [0, 0.1) is 21.4 Å². The lowest BCUT2D eigenvalue weighted by atomic mass is 10.2. The molecule has 0 N–H and O–H groups in total. The summed E-state index contributed by atoms with van der Waals surface area (Å²) < 4.78 is 24.5. The van der Waals surface area contributed by atoms with Gasteiger partial charge in [0.05, 0.1) is 9.82 Å². The van der Waals surface area contributed by atoms with Crippen molar-refractivity contribution in [2.24, 2.45) is 0 Å². The number of thiophene rings is 1. The van der Waals surface area contributed by atoms with Crippen LogP contribution in [0.15, 0.2) is 50.9 Å². The zero-order valence-corrected chi connectivity index (χ0v) is 12.1. The molecular weight excluding hydrogens is 312 g/mol. The van der Waals surface area contributed by atoms with E-state index in [1.807, 2.05) is 0 Å². The minimum Gasteiger partial charge on any atom is -0.258 e. The molecule has 1 aromatic carbocycles. The molecule has 1 heterocycles. The van der Waals surface area contributed by atoms with Gasteiger partial charge in [0.2, 0.25) is 9.84 Å². The van der Waals surface area contributed by atoms with Crippen molar-refractivity contribution in [1.29, 1.82) is 5.26 Å². The molecule has 2 rings (SSSR count). The highest BCUT2D eigenvalue weighted by Gasteiger charge is 2.21. The number of nitro benzene ring substituents is 1. The summed E-state index contributed by atoms with van der Waals surface area (Å²) in [6.07, 6.45) is 1.12. The highest BCUT2D eigenvalue weighted by atomic mass is 32.2. The molecule has 8 heteroatoms. The lowest BCUT2D eigenvalue weighted by molar-refractivity contribution is -0.384. The molecular formula is C13H8N2O4S2. The summed E-state index contributed by atoms with van der Waals surface area (Å²) in [7, 11) is -3.90. The molecule has 0 aliphatic rings. The summed E-state index contributed by atoms with van der Waals surface area (Å²) in [5, 5.41) is 22.8. The van der Waals surface area contributed by atoms with E-state index in [0.717, 1.165) is 6.08 Å². The van der Waals surface area contributed by atoms with Gasteiger partial charge in [0.15, 0.2) is 0 Å². The number of nitro groups is 1. The highest BCUT2D eigenvalue weighted by molar-refractivity contribution is 7.95. The van der Waals surface area contributed by atoms with Crippen LogP contribution in [-0.2, 0) is 9.84 Å². The summed E-state index contributed by atoms with van der Waals surface area (Å²) >= 11 is 1.20. The van der Waals surface area contributed by atoms with Gasteiger partial charge in [0.25, 0.3) is 5.69 Å². The van der Waals surface area contributed by atoms with Gasteiger partial charge in [0, 0.05) is 17.5 Å². The largest absolute Gasteiger partial charge is 0.270 e. The van der Waals surface area contributed by atoms with Crippen LogP contribution in [0.25, 0.3) is 6.08 Å². The number of sulfone groups is 1. The SMILES string of the molecule is N#CC(=Cc1cccc([N+](=O)[O-])c1)S(=O)(=O)c1ccsc1. The zero-order chi connectivity index (χ0) is 15.5. The van der Waals surface area contributed by atoms with E-state index in [1.165, 1.54) is 47.0 Å². The van der Waals surface area contributed by atoms with Crippen LogP contribution in [-0.4, -0.2) is 13.3 Å². The van der Waals surface area contributed by atoms with Crippen molar-refractivity contribution in [3.05, 3.63) is 61.7 Å². The summed E-state index contributed by atoms with van der Waals surface area (Å²) in [4.78, 5) is 9.68. The molecule has 21 heavy (non-hydrogen) atoms. The van der Waals surface area contributed by atoms with Crippen LogP contribution in [0.5, 0.6) is 0 Å². The molecule has 0 spiro atoms. The third kappa shape index (κ3) is 3.16. The van der Waals surface area contributed by atoms with Gasteiger partial charge >= 0.3 is 0 Å². The molecule has 0 atom stereocenters. The second-order valence-corrected chi connectivity index (χ2v) is 6.63. The first kappa shape index (κ1) is 14.9. The van der Waals surface area contributed by atoms with E-state index in [2.05, 4.69) is 0 Å². The second-order valence-electron chi connectivity index (χ2n) is 3.93. The first-order valence-electron chi connectivity index (χ1n) is 5.58. The lowest BCUT2D eigenvalue weighted by Gasteiger charge is -2.00. The van der Waals surface area contributed by atoms with E-state index in [1.54, 1.807) is 11.4 Å². The molecule has 6 nitrogen and oxygen atoms in total. The minimum absolute atomic E-state index is 0.0331. The van der Waals surface area contributed by atoms with Gasteiger partial charge < -0.3 is 0 Å².